The molecule has 0 unspecified atom stereocenters. The highest BCUT2D eigenvalue weighted by atomic mass is 16.2. The van der Waals surface area contributed by atoms with Crippen molar-refractivity contribution in [2.45, 2.75) is 19.8 Å². The van der Waals surface area contributed by atoms with Crippen molar-refractivity contribution in [2.24, 2.45) is 5.92 Å². The Hall–Kier alpha value is -4.19. The molecule has 1 heterocycles. The lowest BCUT2D eigenvalue weighted by atomic mass is 9.95. The van der Waals surface area contributed by atoms with Crippen LogP contribution in [0.25, 0.3) is 6.08 Å². The zero-order valence-corrected chi connectivity index (χ0v) is 19.7. The van der Waals surface area contributed by atoms with E-state index in [9.17, 15) is 14.4 Å². The molecule has 178 valence electrons. The molecule has 1 aliphatic rings. The fourth-order valence-corrected chi connectivity index (χ4v) is 4.17. The van der Waals surface area contributed by atoms with Crippen LogP contribution in [0, 0.1) is 12.8 Å². The average molecular weight is 468 g/mol. The summed E-state index contributed by atoms with van der Waals surface area (Å²) >= 11 is 0. The molecule has 0 aromatic heterocycles. The molecule has 0 saturated carbocycles. The summed E-state index contributed by atoms with van der Waals surface area (Å²) in [5.74, 6) is -0.528. The van der Waals surface area contributed by atoms with E-state index in [0.29, 0.717) is 48.4 Å². The summed E-state index contributed by atoms with van der Waals surface area (Å²) in [5.41, 5.74) is 3.54. The van der Waals surface area contributed by atoms with Crippen LogP contribution in [0.5, 0.6) is 0 Å². The fraction of sp³-hybridized carbons (Fsp3) is 0.207. The first-order chi connectivity index (χ1) is 17.0. The van der Waals surface area contributed by atoms with Crippen molar-refractivity contribution in [2.75, 3.05) is 23.7 Å². The molecule has 6 nitrogen and oxygen atoms in total. The molecular formula is C29H29N3O3. The summed E-state index contributed by atoms with van der Waals surface area (Å²) < 4.78 is 0. The summed E-state index contributed by atoms with van der Waals surface area (Å²) in [4.78, 5) is 40.0. The van der Waals surface area contributed by atoms with Crippen LogP contribution in [-0.2, 0) is 9.59 Å². The van der Waals surface area contributed by atoms with Crippen LogP contribution in [0.15, 0.2) is 84.9 Å². The Bertz CT molecular complexity index is 1210. The van der Waals surface area contributed by atoms with E-state index in [0.717, 1.165) is 5.56 Å². The average Bonchev–Trinajstić information content (AvgIpc) is 2.89. The first-order valence-corrected chi connectivity index (χ1v) is 11.8. The molecule has 1 fully saturated rings. The minimum absolute atomic E-state index is 0.0410. The monoisotopic (exact) mass is 467 g/mol. The fourth-order valence-electron chi connectivity index (χ4n) is 4.17. The Kier molecular flexibility index (Phi) is 7.73. The second kappa shape index (κ2) is 11.3. The van der Waals surface area contributed by atoms with Crippen molar-refractivity contribution < 1.29 is 14.4 Å². The molecule has 0 atom stereocenters. The summed E-state index contributed by atoms with van der Waals surface area (Å²) in [5, 5.41) is 5.88. The number of nitrogens with one attached hydrogen (secondary N) is 2. The zero-order valence-electron chi connectivity index (χ0n) is 19.7. The molecule has 2 N–H and O–H groups in total. The molecule has 35 heavy (non-hydrogen) atoms. The second-order valence-electron chi connectivity index (χ2n) is 8.63. The molecule has 3 aromatic rings. The third-order valence-corrected chi connectivity index (χ3v) is 6.26. The van der Waals surface area contributed by atoms with Crippen LogP contribution in [0.3, 0.4) is 0 Å². The van der Waals surface area contributed by atoms with E-state index in [1.54, 1.807) is 29.2 Å². The molecule has 0 bridgehead atoms. The maximum Gasteiger partial charge on any atom is 0.256 e. The molecule has 0 spiro atoms. The Morgan fingerprint density at radius 1 is 0.829 bits per heavy atom. The largest absolute Gasteiger partial charge is 0.339 e. The van der Waals surface area contributed by atoms with Crippen LogP contribution in [0.2, 0.25) is 0 Å². The number of piperidine rings is 1. The number of para-hydroxylation sites is 1. The van der Waals surface area contributed by atoms with Gasteiger partial charge in [0.15, 0.2) is 0 Å². The lowest BCUT2D eigenvalue weighted by Gasteiger charge is -2.30. The van der Waals surface area contributed by atoms with Crippen LogP contribution in [-0.4, -0.2) is 35.7 Å². The molecule has 6 heteroatoms. The number of rotatable bonds is 6. The van der Waals surface area contributed by atoms with Gasteiger partial charge < -0.3 is 15.5 Å². The van der Waals surface area contributed by atoms with Gasteiger partial charge in [0.2, 0.25) is 11.8 Å². The first kappa shape index (κ1) is 24.0. The Labute approximate surface area is 205 Å². The molecule has 1 saturated heterocycles. The third kappa shape index (κ3) is 6.23. The highest BCUT2D eigenvalue weighted by Crippen LogP contribution is 2.24. The van der Waals surface area contributed by atoms with Gasteiger partial charge in [-0.05, 0) is 61.2 Å². The van der Waals surface area contributed by atoms with E-state index in [4.69, 9.17) is 0 Å². The van der Waals surface area contributed by atoms with Gasteiger partial charge in [-0.2, -0.15) is 0 Å². The van der Waals surface area contributed by atoms with Gasteiger partial charge in [-0.25, -0.2) is 0 Å². The Balaban J connectivity index is 1.32. The van der Waals surface area contributed by atoms with Crippen molar-refractivity contribution in [3.63, 3.8) is 0 Å². The Morgan fingerprint density at radius 2 is 1.49 bits per heavy atom. The van der Waals surface area contributed by atoms with Crippen molar-refractivity contribution in [3.05, 3.63) is 102 Å². The summed E-state index contributed by atoms with van der Waals surface area (Å²) in [6, 6.07) is 24.3. The van der Waals surface area contributed by atoms with E-state index in [-0.39, 0.29) is 23.6 Å². The molecule has 3 aromatic carbocycles. The topological polar surface area (TPSA) is 78.5 Å². The van der Waals surface area contributed by atoms with Crippen LogP contribution in [0.4, 0.5) is 11.4 Å². The van der Waals surface area contributed by atoms with Gasteiger partial charge in [-0.1, -0.05) is 54.6 Å². The third-order valence-electron chi connectivity index (χ3n) is 6.26. The van der Waals surface area contributed by atoms with Crippen LogP contribution < -0.4 is 10.6 Å². The number of likely N-dealkylation sites (tertiary alicyclic amines) is 1. The van der Waals surface area contributed by atoms with Crippen LogP contribution in [0.1, 0.15) is 34.3 Å². The number of amides is 3. The standard InChI is InChI=1S/C29H29N3O3/c1-21-25(29(35)30-24-11-6-3-7-12-24)13-8-14-26(21)31-28(34)23-17-19-32(20-18-23)27(33)16-15-22-9-4-2-5-10-22/h2-16,23H,17-20H2,1H3,(H,30,35)(H,31,34)/b16-15+. The summed E-state index contributed by atoms with van der Waals surface area (Å²) in [6.07, 6.45) is 4.60. The highest BCUT2D eigenvalue weighted by molar-refractivity contribution is 6.07. The normalized spacial score (nSPS) is 14.0. The van der Waals surface area contributed by atoms with Gasteiger partial charge >= 0.3 is 0 Å². The number of benzene rings is 3. The maximum absolute atomic E-state index is 13.0. The van der Waals surface area contributed by atoms with Crippen molar-refractivity contribution in [1.82, 2.24) is 4.90 Å². The number of hydrogen-bond donors (Lipinski definition) is 2. The number of hydrogen-bond acceptors (Lipinski definition) is 3. The predicted molar refractivity (Wildman–Crippen MR) is 139 cm³/mol. The molecule has 0 aliphatic carbocycles. The van der Waals surface area contributed by atoms with Gasteiger partial charge in [-0.3, -0.25) is 14.4 Å². The van der Waals surface area contributed by atoms with Gasteiger partial charge in [0.05, 0.1) is 0 Å². The minimum atomic E-state index is -0.222. The van der Waals surface area contributed by atoms with Gasteiger partial charge in [0.25, 0.3) is 5.91 Å². The number of nitrogens with zero attached hydrogens (tertiary/aromatic N) is 1. The van der Waals surface area contributed by atoms with E-state index in [1.165, 1.54) is 0 Å². The van der Waals surface area contributed by atoms with Gasteiger partial charge in [0.1, 0.15) is 0 Å². The van der Waals surface area contributed by atoms with E-state index in [2.05, 4.69) is 10.6 Å². The highest BCUT2D eigenvalue weighted by Gasteiger charge is 2.27. The van der Waals surface area contributed by atoms with E-state index >= 15 is 0 Å². The summed E-state index contributed by atoms with van der Waals surface area (Å²) in [7, 11) is 0. The number of carbonyl (C=O) groups is 3. The van der Waals surface area contributed by atoms with Crippen molar-refractivity contribution >= 4 is 35.2 Å². The quantitative estimate of drug-likeness (QED) is 0.493. The van der Waals surface area contributed by atoms with E-state index < -0.39 is 0 Å². The molecule has 0 radical (unpaired) electrons. The van der Waals surface area contributed by atoms with Crippen molar-refractivity contribution in [1.29, 1.82) is 0 Å². The molecule has 1 aliphatic heterocycles. The number of anilines is 2. The maximum atomic E-state index is 13.0. The van der Waals surface area contributed by atoms with Crippen LogP contribution >= 0.6 is 0 Å². The first-order valence-electron chi connectivity index (χ1n) is 11.8. The zero-order chi connectivity index (χ0) is 24.6. The van der Waals surface area contributed by atoms with Gasteiger partial charge in [0, 0.05) is 42.0 Å². The molecular weight excluding hydrogens is 438 g/mol. The van der Waals surface area contributed by atoms with Crippen molar-refractivity contribution in [3.8, 4) is 0 Å². The SMILES string of the molecule is Cc1c(NC(=O)C2CCN(C(=O)/C=C/c3ccccc3)CC2)cccc1C(=O)Nc1ccccc1. The van der Waals surface area contributed by atoms with Gasteiger partial charge in [-0.15, -0.1) is 0 Å². The molecule has 4 rings (SSSR count). The second-order valence-corrected chi connectivity index (χ2v) is 8.63. The smallest absolute Gasteiger partial charge is 0.256 e. The predicted octanol–water partition coefficient (Wildman–Crippen LogP) is 5.14. The Morgan fingerprint density at radius 3 is 2.17 bits per heavy atom. The lowest BCUT2D eigenvalue weighted by Crippen LogP contribution is -2.40. The summed E-state index contributed by atoms with van der Waals surface area (Å²) in [6.45, 7) is 2.90. The number of carbonyl (C=O) groups excluding carboxylic acids is 3. The lowest BCUT2D eigenvalue weighted by molar-refractivity contribution is -0.130. The van der Waals surface area contributed by atoms with E-state index in [1.807, 2.05) is 73.7 Å². The molecule has 3 amide bonds. The minimum Gasteiger partial charge on any atom is -0.339 e.